The number of ether oxygens (including phenoxy) is 2. The van der Waals surface area contributed by atoms with Crippen LogP contribution in [0.25, 0.3) is 0 Å². The number of carbonyl (C=O) groups is 3. The highest BCUT2D eigenvalue weighted by molar-refractivity contribution is 7.49. The summed E-state index contributed by atoms with van der Waals surface area (Å²) in [5.41, 5.74) is -1.41. The zero-order valence-electron chi connectivity index (χ0n) is 20.2. The predicted octanol–water partition coefficient (Wildman–Crippen LogP) is 2.95. The number of nitrogens with one attached hydrogen (secondary N) is 2. The molecule has 1 aromatic rings. The first-order chi connectivity index (χ1) is 15.8. The van der Waals surface area contributed by atoms with Crippen molar-refractivity contribution in [3.05, 3.63) is 24.3 Å². The molecule has 0 aromatic carbocycles. The van der Waals surface area contributed by atoms with Gasteiger partial charge in [-0.2, -0.15) is 0 Å². The standard InChI is InChI=1S/C21H33N4O8P/c1-20(2,3)19(28)30-14-32-34(22)31-12-8-21(4,5)17(33-34)18(27)25-11-7-16(26)29-13-15-23-9-6-10-24-15/h6,9-10,17,22H,7-8,11-14H2,1-5H3,(H,25,27)/t17-,34?/m0/s1. The Balaban J connectivity index is 1.87. The summed E-state index contributed by atoms with van der Waals surface area (Å²) in [6, 6.07) is 1.65. The Morgan fingerprint density at radius 3 is 2.56 bits per heavy atom. The molecular weight excluding hydrogens is 467 g/mol. The summed E-state index contributed by atoms with van der Waals surface area (Å²) in [6.45, 7) is 8.24. The van der Waals surface area contributed by atoms with Crippen molar-refractivity contribution in [1.29, 1.82) is 5.16 Å². The first kappa shape index (κ1) is 27.8. The second-order valence-corrected chi connectivity index (χ2v) is 11.1. The van der Waals surface area contributed by atoms with Gasteiger partial charge in [0.1, 0.15) is 0 Å². The van der Waals surface area contributed by atoms with Crippen LogP contribution in [0.1, 0.15) is 53.3 Å². The van der Waals surface area contributed by atoms with Crippen LogP contribution in [0, 0.1) is 16.0 Å². The molecule has 12 nitrogen and oxygen atoms in total. The first-order valence-electron chi connectivity index (χ1n) is 10.8. The fraction of sp³-hybridized carbons (Fsp3) is 0.667. The third-order valence-corrected chi connectivity index (χ3v) is 6.29. The van der Waals surface area contributed by atoms with E-state index in [2.05, 4.69) is 15.3 Å². The highest BCUT2D eigenvalue weighted by Crippen LogP contribution is 2.56. The van der Waals surface area contributed by atoms with Gasteiger partial charge < -0.3 is 19.3 Å². The van der Waals surface area contributed by atoms with Gasteiger partial charge in [-0.1, -0.05) is 13.8 Å². The lowest BCUT2D eigenvalue weighted by molar-refractivity contribution is -0.160. The van der Waals surface area contributed by atoms with Gasteiger partial charge >= 0.3 is 19.7 Å². The molecule has 0 radical (unpaired) electrons. The molecule has 1 aliphatic rings. The van der Waals surface area contributed by atoms with Crippen molar-refractivity contribution in [3.63, 3.8) is 0 Å². The van der Waals surface area contributed by atoms with Gasteiger partial charge in [-0.3, -0.25) is 23.4 Å². The van der Waals surface area contributed by atoms with Crippen LogP contribution in [0.4, 0.5) is 0 Å². The van der Waals surface area contributed by atoms with Crippen molar-refractivity contribution < 1.29 is 37.4 Å². The molecule has 1 aliphatic heterocycles. The van der Waals surface area contributed by atoms with Gasteiger partial charge in [-0.25, -0.2) is 15.1 Å². The molecule has 2 atom stereocenters. The van der Waals surface area contributed by atoms with E-state index in [0.717, 1.165) is 0 Å². The van der Waals surface area contributed by atoms with Crippen molar-refractivity contribution >= 4 is 25.6 Å². The summed E-state index contributed by atoms with van der Waals surface area (Å²) >= 11 is 0. The Bertz CT molecular complexity index is 904. The summed E-state index contributed by atoms with van der Waals surface area (Å²) in [7, 11) is -3.69. The number of esters is 2. The van der Waals surface area contributed by atoms with Crippen molar-refractivity contribution in [2.24, 2.45) is 10.8 Å². The molecule has 1 fully saturated rings. The summed E-state index contributed by atoms with van der Waals surface area (Å²) in [5, 5.41) is 11.1. The summed E-state index contributed by atoms with van der Waals surface area (Å²) < 4.78 is 26.6. The molecular formula is C21H33N4O8P. The Morgan fingerprint density at radius 2 is 1.91 bits per heavy atom. The van der Waals surface area contributed by atoms with E-state index < -0.39 is 49.3 Å². The number of amides is 1. The lowest BCUT2D eigenvalue weighted by Gasteiger charge is -2.31. The van der Waals surface area contributed by atoms with Gasteiger partial charge in [0.25, 0.3) is 0 Å². The third-order valence-electron chi connectivity index (χ3n) is 4.83. The van der Waals surface area contributed by atoms with E-state index in [-0.39, 0.29) is 26.2 Å². The summed E-state index contributed by atoms with van der Waals surface area (Å²) in [6.07, 6.45) is 2.37. The maximum atomic E-state index is 12.9. The molecule has 1 aromatic heterocycles. The number of rotatable bonds is 9. The summed E-state index contributed by atoms with van der Waals surface area (Å²) in [4.78, 5) is 44.6. The van der Waals surface area contributed by atoms with Gasteiger partial charge in [-0.05, 0) is 33.3 Å². The number of nitrogens with zero attached hydrogens (tertiary/aromatic N) is 2. The summed E-state index contributed by atoms with van der Waals surface area (Å²) in [5.74, 6) is -1.17. The maximum absolute atomic E-state index is 12.9. The molecule has 2 heterocycles. The van der Waals surface area contributed by atoms with Crippen molar-refractivity contribution in [2.45, 2.75) is 60.2 Å². The van der Waals surface area contributed by atoms with Crippen molar-refractivity contribution in [1.82, 2.24) is 15.3 Å². The molecule has 1 saturated heterocycles. The smallest absolute Gasteiger partial charge is 0.356 e. The van der Waals surface area contributed by atoms with Crippen LogP contribution in [-0.2, 0) is 44.0 Å². The minimum Gasteiger partial charge on any atom is -0.457 e. The van der Waals surface area contributed by atoms with E-state index in [1.807, 2.05) is 13.8 Å². The zero-order chi connectivity index (χ0) is 25.4. The highest BCUT2D eigenvalue weighted by Gasteiger charge is 2.44. The van der Waals surface area contributed by atoms with Crippen LogP contribution >= 0.6 is 7.74 Å². The third kappa shape index (κ3) is 8.75. The molecule has 13 heteroatoms. The molecule has 2 rings (SSSR count). The van der Waals surface area contributed by atoms with Gasteiger partial charge in [-0.15, -0.1) is 0 Å². The molecule has 0 aliphatic carbocycles. The largest absolute Gasteiger partial charge is 0.457 e. The number of carbonyl (C=O) groups excluding carboxylic acids is 3. The topological polar surface area (TPSA) is 159 Å². The van der Waals surface area contributed by atoms with Crippen LogP contribution < -0.4 is 5.32 Å². The van der Waals surface area contributed by atoms with Gasteiger partial charge in [0.15, 0.2) is 18.5 Å². The van der Waals surface area contributed by atoms with E-state index in [9.17, 15) is 14.4 Å². The van der Waals surface area contributed by atoms with Crippen LogP contribution in [0.15, 0.2) is 18.5 Å². The first-order valence-corrected chi connectivity index (χ1v) is 12.3. The average Bonchev–Trinajstić information content (AvgIpc) is 2.87. The minimum absolute atomic E-state index is 0.0115. The molecule has 0 bridgehead atoms. The molecule has 0 saturated carbocycles. The van der Waals surface area contributed by atoms with Crippen LogP contribution in [-0.4, -0.2) is 53.9 Å². The molecule has 0 spiro atoms. The van der Waals surface area contributed by atoms with Gasteiger partial charge in [0.05, 0.1) is 18.4 Å². The van der Waals surface area contributed by atoms with Crippen molar-refractivity contribution in [2.75, 3.05) is 19.9 Å². The fourth-order valence-corrected chi connectivity index (χ4v) is 4.09. The SMILES string of the molecule is CC(C)(C)C(=O)OCOP1(=N)OCCC(C)(C)[C@H](C(=O)NCCC(=O)OCc2ncccn2)O1. The molecule has 1 unspecified atom stereocenters. The Morgan fingerprint density at radius 1 is 1.24 bits per heavy atom. The lowest BCUT2D eigenvalue weighted by atomic mass is 9.83. The second-order valence-electron chi connectivity index (χ2n) is 9.35. The maximum Gasteiger partial charge on any atom is 0.356 e. The average molecular weight is 500 g/mol. The Hall–Kier alpha value is -2.40. The number of hydrogen-bond acceptors (Lipinski definition) is 11. The molecule has 2 N–H and O–H groups in total. The van der Waals surface area contributed by atoms with Crippen LogP contribution in [0.5, 0.6) is 0 Å². The molecule has 1 amide bonds. The molecule has 34 heavy (non-hydrogen) atoms. The van der Waals surface area contributed by atoms with E-state index >= 15 is 0 Å². The Labute approximate surface area is 199 Å². The fourth-order valence-electron chi connectivity index (χ4n) is 2.71. The zero-order valence-corrected chi connectivity index (χ0v) is 21.1. The monoisotopic (exact) mass is 500 g/mol. The van der Waals surface area contributed by atoms with Gasteiger partial charge in [0, 0.05) is 24.4 Å². The lowest BCUT2D eigenvalue weighted by Crippen LogP contribution is -2.45. The normalized spacial score (nSPS) is 22.3. The van der Waals surface area contributed by atoms with Crippen LogP contribution in [0.3, 0.4) is 0 Å². The van der Waals surface area contributed by atoms with Gasteiger partial charge in [0.2, 0.25) is 12.7 Å². The minimum atomic E-state index is -3.69. The number of aromatic nitrogens is 2. The second kappa shape index (κ2) is 11.8. The van der Waals surface area contributed by atoms with E-state index in [0.29, 0.717) is 12.2 Å². The van der Waals surface area contributed by atoms with E-state index in [1.165, 1.54) is 0 Å². The number of hydrogen-bond donors (Lipinski definition) is 2. The molecule has 190 valence electrons. The predicted molar refractivity (Wildman–Crippen MR) is 120 cm³/mol. The van der Waals surface area contributed by atoms with Crippen molar-refractivity contribution in [3.8, 4) is 0 Å². The highest BCUT2D eigenvalue weighted by atomic mass is 31.2. The quantitative estimate of drug-likeness (QED) is 0.293. The van der Waals surface area contributed by atoms with Crippen LogP contribution in [0.2, 0.25) is 0 Å². The van der Waals surface area contributed by atoms with E-state index in [4.69, 9.17) is 28.2 Å². The Kier molecular flexibility index (Phi) is 9.69. The van der Waals surface area contributed by atoms with E-state index in [1.54, 1.807) is 39.2 Å².